The SMILES string of the molecule is CCOC(=O)c1[nH]c2ccccc2c1NC(=S)Nc1cc(C)cc(C)c1. The predicted octanol–water partition coefficient (Wildman–Crippen LogP) is 4.77. The smallest absolute Gasteiger partial charge is 0.356 e. The molecule has 134 valence electrons. The molecule has 1 aromatic heterocycles. The van der Waals surface area contributed by atoms with Crippen LogP contribution in [0.4, 0.5) is 11.4 Å². The van der Waals surface area contributed by atoms with Crippen LogP contribution in [0.2, 0.25) is 0 Å². The maximum absolute atomic E-state index is 12.3. The molecule has 0 amide bonds. The molecular formula is C20H21N3O2S. The summed E-state index contributed by atoms with van der Waals surface area (Å²) >= 11 is 5.46. The quantitative estimate of drug-likeness (QED) is 0.458. The summed E-state index contributed by atoms with van der Waals surface area (Å²) in [6, 6.07) is 13.8. The number of aromatic amines is 1. The minimum atomic E-state index is -0.416. The van der Waals surface area contributed by atoms with Crippen LogP contribution in [0.25, 0.3) is 10.9 Å². The highest BCUT2D eigenvalue weighted by atomic mass is 32.1. The van der Waals surface area contributed by atoms with Crippen molar-refractivity contribution in [2.45, 2.75) is 20.8 Å². The van der Waals surface area contributed by atoms with E-state index in [2.05, 4.69) is 21.7 Å². The van der Waals surface area contributed by atoms with Gasteiger partial charge in [-0.1, -0.05) is 24.3 Å². The number of ether oxygens (including phenoxy) is 1. The molecule has 3 rings (SSSR count). The van der Waals surface area contributed by atoms with Gasteiger partial charge in [0.1, 0.15) is 5.69 Å². The molecule has 6 heteroatoms. The number of benzene rings is 2. The van der Waals surface area contributed by atoms with Crippen molar-refractivity contribution < 1.29 is 9.53 Å². The Morgan fingerprint density at radius 3 is 2.50 bits per heavy atom. The van der Waals surface area contributed by atoms with Crippen LogP contribution in [0.1, 0.15) is 28.5 Å². The molecule has 0 fully saturated rings. The topological polar surface area (TPSA) is 66.2 Å². The van der Waals surface area contributed by atoms with Crippen molar-refractivity contribution in [2.75, 3.05) is 17.2 Å². The number of nitrogens with one attached hydrogen (secondary N) is 3. The lowest BCUT2D eigenvalue weighted by Gasteiger charge is -2.12. The lowest BCUT2D eigenvalue weighted by molar-refractivity contribution is 0.0522. The number of H-pyrrole nitrogens is 1. The second kappa shape index (κ2) is 7.58. The first-order chi connectivity index (χ1) is 12.5. The third kappa shape index (κ3) is 3.86. The summed E-state index contributed by atoms with van der Waals surface area (Å²) in [4.78, 5) is 15.4. The molecule has 5 nitrogen and oxygen atoms in total. The summed E-state index contributed by atoms with van der Waals surface area (Å²) in [5, 5.41) is 7.61. The third-order valence-corrected chi connectivity index (χ3v) is 4.11. The first kappa shape index (κ1) is 17.9. The van der Waals surface area contributed by atoms with E-state index in [1.807, 2.05) is 50.2 Å². The molecule has 0 bridgehead atoms. The fourth-order valence-corrected chi connectivity index (χ4v) is 3.17. The summed E-state index contributed by atoms with van der Waals surface area (Å²) < 4.78 is 5.16. The summed E-state index contributed by atoms with van der Waals surface area (Å²) in [7, 11) is 0. The molecule has 0 unspecified atom stereocenters. The van der Waals surface area contributed by atoms with Crippen LogP contribution in [-0.4, -0.2) is 22.7 Å². The Labute approximate surface area is 157 Å². The largest absolute Gasteiger partial charge is 0.461 e. The molecule has 0 saturated carbocycles. The molecule has 0 saturated heterocycles. The molecule has 0 aliphatic carbocycles. The highest BCUT2D eigenvalue weighted by molar-refractivity contribution is 7.80. The van der Waals surface area contributed by atoms with Gasteiger partial charge in [0.25, 0.3) is 0 Å². The van der Waals surface area contributed by atoms with Gasteiger partial charge in [-0.25, -0.2) is 4.79 Å². The molecule has 0 atom stereocenters. The lowest BCUT2D eigenvalue weighted by Crippen LogP contribution is -2.21. The molecule has 0 aliphatic heterocycles. The van der Waals surface area contributed by atoms with Crippen LogP contribution in [0.5, 0.6) is 0 Å². The van der Waals surface area contributed by atoms with Crippen molar-refractivity contribution >= 4 is 45.6 Å². The Kier molecular flexibility index (Phi) is 5.23. The summed E-state index contributed by atoms with van der Waals surface area (Å²) in [6.45, 7) is 6.15. The molecule has 26 heavy (non-hydrogen) atoms. The first-order valence-corrected chi connectivity index (χ1v) is 8.83. The second-order valence-corrected chi connectivity index (χ2v) is 6.50. The fourth-order valence-electron chi connectivity index (χ4n) is 2.95. The number of thiocarbonyl (C=S) groups is 1. The van der Waals surface area contributed by atoms with Crippen molar-refractivity contribution in [3.63, 3.8) is 0 Å². The average molecular weight is 367 g/mol. The normalized spacial score (nSPS) is 10.6. The number of hydrogen-bond donors (Lipinski definition) is 3. The number of carbonyl (C=O) groups excluding carboxylic acids is 1. The highest BCUT2D eigenvalue weighted by Crippen LogP contribution is 2.28. The number of aryl methyl sites for hydroxylation is 2. The zero-order valence-electron chi connectivity index (χ0n) is 15.0. The Morgan fingerprint density at radius 2 is 1.81 bits per heavy atom. The molecule has 0 spiro atoms. The van der Waals surface area contributed by atoms with E-state index in [9.17, 15) is 4.79 Å². The molecule has 3 N–H and O–H groups in total. The number of esters is 1. The van der Waals surface area contributed by atoms with E-state index >= 15 is 0 Å². The van der Waals surface area contributed by atoms with Gasteiger partial charge in [0.15, 0.2) is 5.11 Å². The molecule has 3 aromatic rings. The van der Waals surface area contributed by atoms with Crippen molar-refractivity contribution in [1.29, 1.82) is 0 Å². The monoisotopic (exact) mass is 367 g/mol. The van der Waals surface area contributed by atoms with E-state index < -0.39 is 5.97 Å². The van der Waals surface area contributed by atoms with Gasteiger partial charge in [-0.3, -0.25) is 0 Å². The Morgan fingerprint density at radius 1 is 1.12 bits per heavy atom. The van der Waals surface area contributed by atoms with Crippen molar-refractivity contribution in [1.82, 2.24) is 4.98 Å². The predicted molar refractivity (Wildman–Crippen MR) is 110 cm³/mol. The van der Waals surface area contributed by atoms with Crippen molar-refractivity contribution in [3.8, 4) is 0 Å². The van der Waals surface area contributed by atoms with E-state index in [1.165, 1.54) is 0 Å². The number of aromatic nitrogens is 1. The van der Waals surface area contributed by atoms with Crippen LogP contribution < -0.4 is 10.6 Å². The fraction of sp³-hybridized carbons (Fsp3) is 0.200. The van der Waals surface area contributed by atoms with E-state index in [0.29, 0.717) is 23.1 Å². The van der Waals surface area contributed by atoms with E-state index in [4.69, 9.17) is 17.0 Å². The zero-order valence-corrected chi connectivity index (χ0v) is 15.8. The van der Waals surface area contributed by atoms with Crippen LogP contribution in [0, 0.1) is 13.8 Å². The Hall–Kier alpha value is -2.86. The number of fused-ring (bicyclic) bond motifs is 1. The number of rotatable bonds is 4. The van der Waals surface area contributed by atoms with Gasteiger partial charge in [0.2, 0.25) is 0 Å². The standard InChI is InChI=1S/C20H21N3O2S/c1-4-25-19(24)18-17(15-7-5-6-8-16(15)22-18)23-20(26)21-14-10-12(2)9-13(3)11-14/h5-11,22H,4H2,1-3H3,(H2,21,23,26). The first-order valence-electron chi connectivity index (χ1n) is 8.42. The highest BCUT2D eigenvalue weighted by Gasteiger charge is 2.19. The molecule has 0 aliphatic rings. The minimum absolute atomic E-state index is 0.304. The Balaban J connectivity index is 1.90. The number of para-hydroxylation sites is 1. The van der Waals surface area contributed by atoms with Crippen LogP contribution in [-0.2, 0) is 4.74 Å². The number of anilines is 2. The molecule has 1 heterocycles. The lowest BCUT2D eigenvalue weighted by atomic mass is 10.1. The summed E-state index contributed by atoms with van der Waals surface area (Å²) in [5.74, 6) is -0.416. The van der Waals surface area contributed by atoms with Gasteiger partial charge < -0.3 is 20.4 Å². The van der Waals surface area contributed by atoms with Crippen LogP contribution in [0.3, 0.4) is 0 Å². The Bertz CT molecular complexity index is 958. The molecular weight excluding hydrogens is 346 g/mol. The van der Waals surface area contributed by atoms with Crippen LogP contribution >= 0.6 is 12.2 Å². The van der Waals surface area contributed by atoms with Gasteiger partial charge in [0.05, 0.1) is 12.3 Å². The van der Waals surface area contributed by atoms with Crippen LogP contribution in [0.15, 0.2) is 42.5 Å². The van der Waals surface area contributed by atoms with E-state index in [0.717, 1.165) is 27.7 Å². The van der Waals surface area contributed by atoms with Gasteiger partial charge in [0, 0.05) is 16.6 Å². The molecule has 2 aromatic carbocycles. The second-order valence-electron chi connectivity index (χ2n) is 6.10. The maximum Gasteiger partial charge on any atom is 0.356 e. The zero-order chi connectivity index (χ0) is 18.7. The number of hydrogen-bond acceptors (Lipinski definition) is 3. The van der Waals surface area contributed by atoms with Gasteiger partial charge in [-0.2, -0.15) is 0 Å². The van der Waals surface area contributed by atoms with Gasteiger partial charge in [-0.15, -0.1) is 0 Å². The summed E-state index contributed by atoms with van der Waals surface area (Å²) in [5.41, 5.74) is 5.01. The van der Waals surface area contributed by atoms with E-state index in [1.54, 1.807) is 6.92 Å². The summed E-state index contributed by atoms with van der Waals surface area (Å²) in [6.07, 6.45) is 0. The van der Waals surface area contributed by atoms with E-state index in [-0.39, 0.29) is 0 Å². The van der Waals surface area contributed by atoms with Crippen molar-refractivity contribution in [2.24, 2.45) is 0 Å². The minimum Gasteiger partial charge on any atom is -0.461 e. The third-order valence-electron chi connectivity index (χ3n) is 3.90. The van der Waals surface area contributed by atoms with Crippen molar-refractivity contribution in [3.05, 3.63) is 59.3 Å². The van der Waals surface area contributed by atoms with Gasteiger partial charge in [-0.05, 0) is 62.3 Å². The number of carbonyl (C=O) groups is 1. The van der Waals surface area contributed by atoms with Gasteiger partial charge >= 0.3 is 5.97 Å². The molecule has 0 radical (unpaired) electrons. The average Bonchev–Trinajstić information content (AvgIpc) is 2.93. The maximum atomic E-state index is 12.3.